The van der Waals surface area contributed by atoms with Gasteiger partial charge in [0.25, 0.3) is 5.92 Å². The van der Waals surface area contributed by atoms with Crippen LogP contribution in [0.3, 0.4) is 0 Å². The average Bonchev–Trinajstić information content (AvgIpc) is 2.97. The summed E-state index contributed by atoms with van der Waals surface area (Å²) in [4.78, 5) is 20.7. The largest absolute Gasteiger partial charge is 0.376 e. The topological polar surface area (TPSA) is 71.7 Å². The Labute approximate surface area is 149 Å². The molecule has 2 aliphatic rings. The van der Waals surface area contributed by atoms with Gasteiger partial charge in [-0.25, -0.2) is 13.8 Å². The summed E-state index contributed by atoms with van der Waals surface area (Å²) in [5.41, 5.74) is 5.74. The van der Waals surface area contributed by atoms with Crippen molar-refractivity contribution in [3.63, 3.8) is 0 Å². The fourth-order valence-corrected chi connectivity index (χ4v) is 4.17. The van der Waals surface area contributed by atoms with E-state index in [2.05, 4.69) is 9.88 Å². The predicted octanol–water partition coefficient (Wildman–Crippen LogP) is 2.13. The zero-order valence-corrected chi connectivity index (χ0v) is 15.3. The number of thiazole rings is 1. The van der Waals surface area contributed by atoms with Crippen molar-refractivity contribution in [1.82, 2.24) is 14.8 Å². The van der Waals surface area contributed by atoms with Crippen molar-refractivity contribution in [2.75, 3.05) is 32.0 Å². The first kappa shape index (κ1) is 18.5. The number of piperidine rings is 1. The number of rotatable bonds is 4. The van der Waals surface area contributed by atoms with E-state index in [-0.39, 0.29) is 30.9 Å². The minimum absolute atomic E-state index is 0.0712. The van der Waals surface area contributed by atoms with Crippen LogP contribution in [0.15, 0.2) is 6.20 Å². The van der Waals surface area contributed by atoms with Gasteiger partial charge in [0.1, 0.15) is 0 Å². The third kappa shape index (κ3) is 4.27. The van der Waals surface area contributed by atoms with E-state index in [1.54, 1.807) is 6.20 Å². The molecule has 3 heterocycles. The van der Waals surface area contributed by atoms with Crippen LogP contribution in [0.5, 0.6) is 0 Å². The first-order valence-corrected chi connectivity index (χ1v) is 9.31. The molecular weight excluding hydrogens is 350 g/mol. The number of carbonyl (C=O) groups excluding carboxylic acids is 1. The smallest absolute Gasteiger partial charge is 0.265 e. The monoisotopic (exact) mass is 374 g/mol. The van der Waals surface area contributed by atoms with Crippen LogP contribution in [0.2, 0.25) is 0 Å². The number of nitrogens with zero attached hydrogens (tertiary/aromatic N) is 3. The molecule has 1 amide bonds. The van der Waals surface area contributed by atoms with Gasteiger partial charge in [0.05, 0.1) is 30.2 Å². The first-order chi connectivity index (χ1) is 11.7. The van der Waals surface area contributed by atoms with Crippen LogP contribution in [0.4, 0.5) is 13.9 Å². The summed E-state index contributed by atoms with van der Waals surface area (Å²) in [6, 6.07) is -0.314. The van der Waals surface area contributed by atoms with E-state index >= 15 is 0 Å². The fourth-order valence-electron chi connectivity index (χ4n) is 3.38. The molecule has 1 aromatic heterocycles. The van der Waals surface area contributed by atoms with Crippen LogP contribution in [0, 0.1) is 0 Å². The molecule has 2 saturated heterocycles. The molecule has 0 aromatic carbocycles. The van der Waals surface area contributed by atoms with Gasteiger partial charge in [-0.3, -0.25) is 9.69 Å². The Morgan fingerprint density at radius 1 is 1.52 bits per heavy atom. The first-order valence-electron chi connectivity index (χ1n) is 8.49. The number of hydrogen-bond acceptors (Lipinski definition) is 6. The number of nitrogens with two attached hydrogens (primary N) is 1. The maximum Gasteiger partial charge on any atom is 0.265 e. The quantitative estimate of drug-likeness (QED) is 0.874. The van der Waals surface area contributed by atoms with Crippen molar-refractivity contribution < 1.29 is 18.3 Å². The molecule has 0 aliphatic carbocycles. The van der Waals surface area contributed by atoms with Gasteiger partial charge in [-0.2, -0.15) is 0 Å². The number of halogens is 2. The van der Waals surface area contributed by atoms with Crippen LogP contribution >= 0.6 is 11.3 Å². The molecule has 2 fully saturated rings. The number of carbonyl (C=O) groups is 1. The second-order valence-electron chi connectivity index (χ2n) is 6.94. The molecule has 2 N–H and O–H groups in total. The van der Waals surface area contributed by atoms with E-state index < -0.39 is 18.5 Å². The lowest BCUT2D eigenvalue weighted by molar-refractivity contribution is -0.153. The highest BCUT2D eigenvalue weighted by atomic mass is 32.1. The summed E-state index contributed by atoms with van der Waals surface area (Å²) in [6.07, 6.45) is 1.15. The van der Waals surface area contributed by atoms with Crippen molar-refractivity contribution in [3.8, 4) is 0 Å². The van der Waals surface area contributed by atoms with Crippen LogP contribution in [-0.4, -0.2) is 65.0 Å². The van der Waals surface area contributed by atoms with Gasteiger partial charge in [0, 0.05) is 38.2 Å². The van der Waals surface area contributed by atoms with Gasteiger partial charge in [0.2, 0.25) is 5.91 Å². The average molecular weight is 374 g/mol. The molecule has 9 heteroatoms. The Bertz CT molecular complexity index is 627. The number of alkyl halides is 2. The van der Waals surface area contributed by atoms with Gasteiger partial charge in [-0.05, 0) is 13.8 Å². The summed E-state index contributed by atoms with van der Waals surface area (Å²) < 4.78 is 33.6. The Morgan fingerprint density at radius 3 is 2.96 bits per heavy atom. The standard InChI is InChI=1S/C16H24F2N4O2S/c1-10-8-24-11(2)6-21(10)7-12(13-5-20-15(19)25-13)22-9-16(17,18)4-3-14(22)23/h5,10-12H,3-4,6-9H2,1-2H3,(H2,19,20)/t10-,11-,12?/m1/s1. The summed E-state index contributed by atoms with van der Waals surface area (Å²) >= 11 is 1.25. The number of hydrogen-bond donors (Lipinski definition) is 1. The highest BCUT2D eigenvalue weighted by molar-refractivity contribution is 7.15. The Kier molecular flexibility index (Phi) is 5.26. The third-order valence-electron chi connectivity index (χ3n) is 4.82. The summed E-state index contributed by atoms with van der Waals surface area (Å²) in [5.74, 6) is -3.09. The van der Waals surface area contributed by atoms with E-state index in [0.29, 0.717) is 24.8 Å². The molecule has 6 nitrogen and oxygen atoms in total. The lowest BCUT2D eigenvalue weighted by Crippen LogP contribution is -2.54. The Balaban J connectivity index is 1.86. The Morgan fingerprint density at radius 2 is 2.28 bits per heavy atom. The maximum absolute atomic E-state index is 14.0. The zero-order valence-electron chi connectivity index (χ0n) is 14.5. The SMILES string of the molecule is C[C@@H]1CN(CC(c2cnc(N)s2)N2CC(F)(F)CCC2=O)[C@H](C)CO1. The number of likely N-dealkylation sites (tertiary alicyclic amines) is 1. The van der Waals surface area contributed by atoms with E-state index in [1.807, 2.05) is 13.8 Å². The number of nitrogen functional groups attached to an aromatic ring is 1. The number of aromatic nitrogens is 1. The zero-order chi connectivity index (χ0) is 18.2. The van der Waals surface area contributed by atoms with Gasteiger partial charge >= 0.3 is 0 Å². The second kappa shape index (κ2) is 7.13. The van der Waals surface area contributed by atoms with E-state index in [1.165, 1.54) is 16.2 Å². The molecule has 140 valence electrons. The number of anilines is 1. The fraction of sp³-hybridized carbons (Fsp3) is 0.750. The number of morpholine rings is 1. The van der Waals surface area contributed by atoms with Gasteiger partial charge < -0.3 is 15.4 Å². The van der Waals surface area contributed by atoms with Crippen molar-refractivity contribution in [1.29, 1.82) is 0 Å². The van der Waals surface area contributed by atoms with Gasteiger partial charge in [0.15, 0.2) is 5.13 Å². The summed E-state index contributed by atoms with van der Waals surface area (Å²) in [5, 5.41) is 0.375. The van der Waals surface area contributed by atoms with Gasteiger partial charge in [-0.15, -0.1) is 11.3 Å². The number of amides is 1. The third-order valence-corrected chi connectivity index (χ3v) is 5.74. The van der Waals surface area contributed by atoms with E-state index in [9.17, 15) is 13.6 Å². The van der Waals surface area contributed by atoms with Crippen LogP contribution in [0.25, 0.3) is 0 Å². The van der Waals surface area contributed by atoms with Crippen molar-refractivity contribution >= 4 is 22.4 Å². The molecule has 1 aromatic rings. The van der Waals surface area contributed by atoms with Crippen LogP contribution in [-0.2, 0) is 9.53 Å². The molecule has 1 unspecified atom stereocenters. The predicted molar refractivity (Wildman–Crippen MR) is 91.6 cm³/mol. The van der Waals surface area contributed by atoms with Crippen LogP contribution in [0.1, 0.15) is 37.6 Å². The normalized spacial score (nSPS) is 29.0. The molecule has 3 rings (SSSR count). The number of ether oxygens (including phenoxy) is 1. The van der Waals surface area contributed by atoms with Gasteiger partial charge in [-0.1, -0.05) is 0 Å². The molecule has 3 atom stereocenters. The Hall–Kier alpha value is -1.32. The minimum atomic E-state index is -2.85. The van der Waals surface area contributed by atoms with E-state index in [4.69, 9.17) is 10.5 Å². The highest BCUT2D eigenvalue weighted by Crippen LogP contribution is 2.36. The molecule has 25 heavy (non-hydrogen) atoms. The molecule has 0 spiro atoms. The molecular formula is C16H24F2N4O2S. The van der Waals surface area contributed by atoms with Crippen LogP contribution < -0.4 is 5.73 Å². The molecule has 2 aliphatic heterocycles. The summed E-state index contributed by atoms with van der Waals surface area (Å²) in [6.45, 7) is 5.23. The molecule has 0 saturated carbocycles. The van der Waals surface area contributed by atoms with Crippen molar-refractivity contribution in [3.05, 3.63) is 11.1 Å². The van der Waals surface area contributed by atoms with E-state index in [0.717, 1.165) is 4.88 Å². The second-order valence-corrected chi connectivity index (χ2v) is 8.03. The maximum atomic E-state index is 14.0. The lowest BCUT2D eigenvalue weighted by Gasteiger charge is -2.43. The minimum Gasteiger partial charge on any atom is -0.376 e. The molecule has 0 radical (unpaired) electrons. The highest BCUT2D eigenvalue weighted by Gasteiger charge is 2.43. The molecule has 0 bridgehead atoms. The van der Waals surface area contributed by atoms with Crippen molar-refractivity contribution in [2.45, 2.75) is 50.8 Å². The lowest BCUT2D eigenvalue weighted by atomic mass is 10.0. The summed E-state index contributed by atoms with van der Waals surface area (Å²) in [7, 11) is 0. The van der Waals surface area contributed by atoms with Crippen molar-refractivity contribution in [2.24, 2.45) is 0 Å².